The van der Waals surface area contributed by atoms with Gasteiger partial charge in [0.05, 0.1) is 43.5 Å². The van der Waals surface area contributed by atoms with E-state index in [9.17, 15) is 27.5 Å². The third-order valence-corrected chi connectivity index (χ3v) is 6.81. The molecule has 0 aromatic carbocycles. The van der Waals surface area contributed by atoms with Gasteiger partial charge < -0.3 is 46.0 Å². The predicted octanol–water partition coefficient (Wildman–Crippen LogP) is 2.37. The molecular formula is C21H29F3N7O6P. The summed E-state index contributed by atoms with van der Waals surface area (Å²) in [4.78, 5) is 29.7. The van der Waals surface area contributed by atoms with Crippen molar-refractivity contribution >= 4 is 19.3 Å². The molecule has 1 aliphatic heterocycles. The molecule has 0 radical (unpaired) electrons. The maximum Gasteiger partial charge on any atom is 0.248 e. The number of phosphoric ester groups is 1. The molecule has 210 valence electrons. The number of halogens is 3. The van der Waals surface area contributed by atoms with Gasteiger partial charge in [-0.3, -0.25) is 4.98 Å². The number of anilines is 1. The highest BCUT2D eigenvalue weighted by atomic mass is 31.2. The Morgan fingerprint density at radius 3 is 2.63 bits per heavy atom. The van der Waals surface area contributed by atoms with Gasteiger partial charge >= 0.3 is 0 Å². The van der Waals surface area contributed by atoms with Gasteiger partial charge in [-0.1, -0.05) is 6.07 Å². The molecule has 3 aromatic heterocycles. The van der Waals surface area contributed by atoms with E-state index in [4.69, 9.17) is 9.47 Å². The van der Waals surface area contributed by atoms with Gasteiger partial charge in [0, 0.05) is 18.9 Å². The summed E-state index contributed by atoms with van der Waals surface area (Å²) in [5.41, 5.74) is 0.0257. The lowest BCUT2D eigenvalue weighted by Gasteiger charge is -2.34. The summed E-state index contributed by atoms with van der Waals surface area (Å²) in [5, 5.41) is 7.41. The molecule has 2 atom stereocenters. The molecule has 1 aliphatic carbocycles. The van der Waals surface area contributed by atoms with Crippen LogP contribution in [0.3, 0.4) is 0 Å². The van der Waals surface area contributed by atoms with E-state index >= 15 is 0 Å². The average molecular weight is 563 g/mol. The number of nitrogens with zero attached hydrogens (tertiary/aromatic N) is 4. The number of hydrogen-bond donors (Lipinski definition) is 3. The first-order valence-electron chi connectivity index (χ1n) is 11.1. The largest absolute Gasteiger partial charge is 0.790 e. The number of hydrogen-bond acceptors (Lipinski definition) is 10. The Bertz CT molecular complexity index is 1290. The molecule has 9 N–H and O–H groups in total. The maximum absolute atomic E-state index is 14.6. The monoisotopic (exact) mass is 563 g/mol. The summed E-state index contributed by atoms with van der Waals surface area (Å²) < 4.78 is 68.1. The Kier molecular flexibility index (Phi) is 9.11. The number of rotatable bonds is 9. The van der Waals surface area contributed by atoms with Gasteiger partial charge in [-0.2, -0.15) is 0 Å². The fraction of sp³-hybridized carbons (Fsp3) is 0.476. The van der Waals surface area contributed by atoms with Crippen molar-refractivity contribution in [2.24, 2.45) is 0 Å². The Morgan fingerprint density at radius 2 is 2.00 bits per heavy atom. The van der Waals surface area contributed by atoms with Crippen LogP contribution in [0.2, 0.25) is 0 Å². The molecule has 1 saturated heterocycles. The van der Waals surface area contributed by atoms with Crippen LogP contribution in [0.4, 0.5) is 19.1 Å². The van der Waals surface area contributed by atoms with E-state index in [2.05, 4.69) is 24.9 Å². The smallest absolute Gasteiger partial charge is 0.248 e. The molecule has 0 spiro atoms. The van der Waals surface area contributed by atoms with Crippen LogP contribution in [-0.2, 0) is 24.0 Å². The number of quaternary nitrogens is 2. The molecular weight excluding hydrogens is 534 g/mol. The van der Waals surface area contributed by atoms with Gasteiger partial charge in [0.15, 0.2) is 12.6 Å². The quantitative estimate of drug-likeness (QED) is 0.255. The topological polar surface area (TPSA) is 219 Å². The van der Waals surface area contributed by atoms with E-state index in [0.29, 0.717) is 42.8 Å². The Hall–Kier alpha value is -2.69. The van der Waals surface area contributed by atoms with Crippen LogP contribution in [0.15, 0.2) is 30.6 Å². The molecule has 13 nitrogen and oxygen atoms in total. The molecule has 3 aromatic rings. The van der Waals surface area contributed by atoms with Crippen molar-refractivity contribution in [1.29, 1.82) is 0 Å². The lowest BCUT2D eigenvalue weighted by molar-refractivity contribution is -0.347. The highest BCUT2D eigenvalue weighted by molar-refractivity contribution is 7.43. The van der Waals surface area contributed by atoms with E-state index in [1.807, 2.05) is 0 Å². The van der Waals surface area contributed by atoms with Crippen molar-refractivity contribution in [1.82, 2.24) is 31.9 Å². The van der Waals surface area contributed by atoms with Crippen molar-refractivity contribution in [2.75, 3.05) is 25.3 Å². The van der Waals surface area contributed by atoms with Gasteiger partial charge in [0.25, 0.3) is 0 Å². The van der Waals surface area contributed by atoms with Crippen LogP contribution in [0.25, 0.3) is 16.9 Å². The Balaban J connectivity index is 0.00000200. The third kappa shape index (κ3) is 6.13. The second-order valence-electron chi connectivity index (χ2n) is 8.66. The van der Waals surface area contributed by atoms with Crippen LogP contribution in [0.5, 0.6) is 0 Å². The van der Waals surface area contributed by atoms with E-state index in [1.54, 1.807) is 12.1 Å². The predicted molar refractivity (Wildman–Crippen MR) is 126 cm³/mol. The molecule has 0 bridgehead atoms. The second-order valence-corrected chi connectivity index (χ2v) is 9.81. The van der Waals surface area contributed by atoms with Gasteiger partial charge in [0.1, 0.15) is 11.6 Å². The first-order valence-corrected chi connectivity index (χ1v) is 12.5. The summed E-state index contributed by atoms with van der Waals surface area (Å²) in [6.45, 7) is -0.287. The minimum absolute atomic E-state index is 0. The molecule has 0 unspecified atom stereocenters. The van der Waals surface area contributed by atoms with Crippen molar-refractivity contribution in [3.8, 4) is 11.4 Å². The van der Waals surface area contributed by atoms with E-state index in [1.165, 1.54) is 23.0 Å². The number of nitrogens with one attached hydrogen (secondary N) is 1. The number of alkyl halides is 2. The minimum atomic E-state index is -5.19. The second kappa shape index (κ2) is 11.6. The summed E-state index contributed by atoms with van der Waals surface area (Å²) in [7, 11) is -5.19. The number of aromatic nitrogens is 4. The van der Waals surface area contributed by atoms with E-state index in [0.717, 1.165) is 0 Å². The number of phosphoric acid groups is 1. The van der Waals surface area contributed by atoms with Crippen molar-refractivity contribution in [2.45, 2.75) is 43.2 Å². The molecule has 5 rings (SSSR count). The fourth-order valence-corrected chi connectivity index (χ4v) is 4.39. The first kappa shape index (κ1) is 29.9. The average Bonchev–Trinajstić information content (AvgIpc) is 3.59. The molecule has 1 saturated carbocycles. The zero-order valence-electron chi connectivity index (χ0n) is 20.7. The Labute approximate surface area is 215 Å². The third-order valence-electron chi connectivity index (χ3n) is 6.39. The lowest BCUT2D eigenvalue weighted by Crippen LogP contribution is -2.44. The lowest BCUT2D eigenvalue weighted by atomic mass is 9.98. The van der Waals surface area contributed by atoms with Gasteiger partial charge in [-0.15, -0.1) is 5.10 Å². The summed E-state index contributed by atoms with van der Waals surface area (Å²) in [6.07, 6.45) is 0.750. The Morgan fingerprint density at radius 1 is 1.24 bits per heavy atom. The molecule has 0 amide bonds. The van der Waals surface area contributed by atoms with Crippen LogP contribution in [0, 0.1) is 5.82 Å². The van der Waals surface area contributed by atoms with Crippen LogP contribution in [-0.4, -0.2) is 58.2 Å². The highest BCUT2D eigenvalue weighted by Crippen LogP contribution is 2.52. The summed E-state index contributed by atoms with van der Waals surface area (Å²) in [5.74, 6) is -0.469. The fourth-order valence-electron chi connectivity index (χ4n) is 4.20. The number of pyridine rings is 1. The molecule has 4 heterocycles. The SMILES string of the molecule is O=P([O-])([O-])OCO[C@@H]1COCC[C@H]1Nc1ncc2c(F)cc(-c3ccc(C4(C(F)F)CC4)cn3)n2n1.[NH4+].[NH4+]. The molecule has 2 fully saturated rings. The van der Waals surface area contributed by atoms with Gasteiger partial charge in [-0.25, -0.2) is 22.7 Å². The number of ether oxygens (including phenoxy) is 2. The normalized spacial score (nSPS) is 20.6. The highest BCUT2D eigenvalue weighted by Gasteiger charge is 2.52. The first-order chi connectivity index (χ1) is 17.2. The zero-order chi connectivity index (χ0) is 25.5. The number of fused-ring (bicyclic) bond motifs is 1. The van der Waals surface area contributed by atoms with Crippen molar-refractivity contribution in [3.63, 3.8) is 0 Å². The van der Waals surface area contributed by atoms with Crippen molar-refractivity contribution < 1.29 is 41.5 Å². The molecule has 17 heteroatoms. The summed E-state index contributed by atoms with van der Waals surface area (Å²) in [6, 6.07) is 3.94. The maximum atomic E-state index is 14.6. The zero-order valence-corrected chi connectivity index (χ0v) is 21.6. The van der Waals surface area contributed by atoms with Crippen molar-refractivity contribution in [3.05, 3.63) is 42.0 Å². The van der Waals surface area contributed by atoms with E-state index in [-0.39, 0.29) is 30.4 Å². The standard InChI is InChI=1S/C21H23F3N5O6P.2H3N/c22-13-7-16(14-2-1-12(8-25-14)21(4-5-21)19(23)24)29-17(13)9-26-20(28-29)27-15-3-6-33-10-18(15)34-11-35-36(30,31)32;;/h1-2,7-9,15,18-19H,3-6,10-11H2,(H,27,28)(H2,30,31,32);2*1H3/t15-,18-;;/m1../s1. The van der Waals surface area contributed by atoms with Gasteiger partial charge in [-0.05, 0) is 30.9 Å². The van der Waals surface area contributed by atoms with Crippen LogP contribution < -0.4 is 27.4 Å². The minimum Gasteiger partial charge on any atom is -0.790 e. The molecule has 38 heavy (non-hydrogen) atoms. The summed E-state index contributed by atoms with van der Waals surface area (Å²) >= 11 is 0. The van der Waals surface area contributed by atoms with Crippen LogP contribution >= 0.6 is 7.82 Å². The van der Waals surface area contributed by atoms with E-state index < -0.39 is 44.4 Å². The van der Waals surface area contributed by atoms with Gasteiger partial charge in [0.2, 0.25) is 12.4 Å². The molecule has 2 aliphatic rings. The van der Waals surface area contributed by atoms with Crippen LogP contribution in [0.1, 0.15) is 24.8 Å².